The molecule has 0 radical (unpaired) electrons. The van der Waals surface area contributed by atoms with Crippen LogP contribution in [-0.4, -0.2) is 4.57 Å². The maximum absolute atomic E-state index is 9.58. The summed E-state index contributed by atoms with van der Waals surface area (Å²) in [6.07, 6.45) is 1.93. The molecule has 4 rings (SSSR count). The lowest BCUT2D eigenvalue weighted by molar-refractivity contribution is 0.827. The molecule has 0 saturated heterocycles. The summed E-state index contributed by atoms with van der Waals surface area (Å²) in [5, 5.41) is 12.7. The molecule has 126 valence electrons. The zero-order chi connectivity index (χ0) is 18.1. The molecular formula is C23H17ClN2. The molecule has 0 aliphatic heterocycles. The van der Waals surface area contributed by atoms with Gasteiger partial charge in [0.25, 0.3) is 0 Å². The van der Waals surface area contributed by atoms with Gasteiger partial charge in [-0.1, -0.05) is 48.0 Å². The van der Waals surface area contributed by atoms with E-state index in [1.807, 2.05) is 18.2 Å². The largest absolute Gasteiger partial charge is 0.341 e. The van der Waals surface area contributed by atoms with E-state index in [0.717, 1.165) is 17.7 Å². The van der Waals surface area contributed by atoms with Crippen molar-refractivity contribution in [1.82, 2.24) is 4.57 Å². The van der Waals surface area contributed by atoms with Crippen molar-refractivity contribution >= 4 is 45.1 Å². The van der Waals surface area contributed by atoms with Crippen molar-refractivity contribution in [3.05, 3.63) is 82.9 Å². The SMILES string of the molecule is CCn1c2ccccc2c2cc(/C=C(\C#N)c3ccc(Cl)cc3)ccc21. The molecule has 3 heteroatoms. The van der Waals surface area contributed by atoms with Crippen LogP contribution in [0.2, 0.25) is 5.02 Å². The first-order chi connectivity index (χ1) is 12.7. The van der Waals surface area contributed by atoms with E-state index in [0.29, 0.717) is 10.6 Å². The number of para-hydroxylation sites is 1. The van der Waals surface area contributed by atoms with Crippen LogP contribution >= 0.6 is 11.6 Å². The number of fused-ring (bicyclic) bond motifs is 3. The molecule has 0 fully saturated rings. The maximum Gasteiger partial charge on any atom is 0.0998 e. The number of nitrogens with zero attached hydrogens (tertiary/aromatic N) is 2. The van der Waals surface area contributed by atoms with Gasteiger partial charge >= 0.3 is 0 Å². The van der Waals surface area contributed by atoms with E-state index in [2.05, 4.69) is 60.0 Å². The summed E-state index contributed by atoms with van der Waals surface area (Å²) in [6.45, 7) is 3.08. The van der Waals surface area contributed by atoms with Crippen molar-refractivity contribution in [2.24, 2.45) is 0 Å². The van der Waals surface area contributed by atoms with Crippen molar-refractivity contribution in [2.75, 3.05) is 0 Å². The molecule has 0 saturated carbocycles. The summed E-state index contributed by atoms with van der Waals surface area (Å²) >= 11 is 5.95. The van der Waals surface area contributed by atoms with E-state index in [9.17, 15) is 5.26 Å². The van der Waals surface area contributed by atoms with Gasteiger partial charge in [-0.3, -0.25) is 0 Å². The zero-order valence-electron chi connectivity index (χ0n) is 14.4. The molecule has 2 nitrogen and oxygen atoms in total. The number of allylic oxidation sites excluding steroid dienone is 1. The molecule has 0 aliphatic rings. The van der Waals surface area contributed by atoms with Crippen molar-refractivity contribution in [3.63, 3.8) is 0 Å². The molecule has 1 aromatic heterocycles. The summed E-state index contributed by atoms with van der Waals surface area (Å²) < 4.78 is 2.32. The number of hydrogen-bond acceptors (Lipinski definition) is 1. The normalized spacial score (nSPS) is 11.8. The van der Waals surface area contributed by atoms with E-state index >= 15 is 0 Å². The third kappa shape index (κ3) is 2.77. The number of halogens is 1. The Kier molecular flexibility index (Phi) is 4.24. The minimum absolute atomic E-state index is 0.625. The van der Waals surface area contributed by atoms with Crippen molar-refractivity contribution in [2.45, 2.75) is 13.5 Å². The molecule has 26 heavy (non-hydrogen) atoms. The fraction of sp³-hybridized carbons (Fsp3) is 0.0870. The van der Waals surface area contributed by atoms with Crippen LogP contribution in [0.4, 0.5) is 0 Å². The Morgan fingerprint density at radius 1 is 1.00 bits per heavy atom. The topological polar surface area (TPSA) is 28.7 Å². The second-order valence-corrected chi connectivity index (χ2v) is 6.65. The van der Waals surface area contributed by atoms with Gasteiger partial charge in [0.15, 0.2) is 0 Å². The van der Waals surface area contributed by atoms with Crippen LogP contribution in [0.25, 0.3) is 33.5 Å². The second-order valence-electron chi connectivity index (χ2n) is 6.21. The average molecular weight is 357 g/mol. The predicted octanol–water partition coefficient (Wildman–Crippen LogP) is 6.53. The molecule has 3 aromatic carbocycles. The number of rotatable bonds is 3. The van der Waals surface area contributed by atoms with Crippen LogP contribution in [-0.2, 0) is 6.54 Å². The van der Waals surface area contributed by atoms with E-state index in [-0.39, 0.29) is 0 Å². The monoisotopic (exact) mass is 356 g/mol. The van der Waals surface area contributed by atoms with Crippen molar-refractivity contribution in [3.8, 4) is 6.07 Å². The minimum Gasteiger partial charge on any atom is -0.341 e. The third-order valence-corrected chi connectivity index (χ3v) is 4.95. The summed E-state index contributed by atoms with van der Waals surface area (Å²) in [7, 11) is 0. The molecule has 0 spiro atoms. The number of benzene rings is 3. The Morgan fingerprint density at radius 3 is 2.46 bits per heavy atom. The van der Waals surface area contributed by atoms with Crippen LogP contribution in [0.5, 0.6) is 0 Å². The zero-order valence-corrected chi connectivity index (χ0v) is 15.2. The number of nitriles is 1. The quantitative estimate of drug-likeness (QED) is 0.303. The van der Waals surface area contributed by atoms with Crippen LogP contribution in [0.15, 0.2) is 66.7 Å². The summed E-state index contributed by atoms with van der Waals surface area (Å²) in [5.41, 5.74) is 4.97. The highest BCUT2D eigenvalue weighted by atomic mass is 35.5. The van der Waals surface area contributed by atoms with Gasteiger partial charge in [-0.05, 0) is 54.5 Å². The van der Waals surface area contributed by atoms with E-state index < -0.39 is 0 Å². The lowest BCUT2D eigenvalue weighted by Gasteiger charge is -2.03. The van der Waals surface area contributed by atoms with E-state index in [4.69, 9.17) is 11.6 Å². The Balaban J connectivity index is 1.88. The van der Waals surface area contributed by atoms with Crippen LogP contribution in [0.1, 0.15) is 18.1 Å². The number of hydrogen-bond donors (Lipinski definition) is 0. The number of aromatic nitrogens is 1. The van der Waals surface area contributed by atoms with Gasteiger partial charge < -0.3 is 4.57 Å². The maximum atomic E-state index is 9.58. The van der Waals surface area contributed by atoms with Gasteiger partial charge in [-0.15, -0.1) is 0 Å². The molecule has 4 aromatic rings. The van der Waals surface area contributed by atoms with E-state index in [1.165, 1.54) is 21.8 Å². The highest BCUT2D eigenvalue weighted by molar-refractivity contribution is 6.30. The first-order valence-electron chi connectivity index (χ1n) is 8.60. The third-order valence-electron chi connectivity index (χ3n) is 4.70. The lowest BCUT2D eigenvalue weighted by atomic mass is 10.0. The fourth-order valence-electron chi connectivity index (χ4n) is 3.48. The number of aryl methyl sites for hydroxylation is 1. The summed E-state index contributed by atoms with van der Waals surface area (Å²) in [6, 6.07) is 24.5. The second kappa shape index (κ2) is 6.71. The molecule has 0 bridgehead atoms. The van der Waals surface area contributed by atoms with E-state index in [1.54, 1.807) is 12.1 Å². The van der Waals surface area contributed by atoms with Gasteiger partial charge in [-0.25, -0.2) is 0 Å². The van der Waals surface area contributed by atoms with Crippen molar-refractivity contribution < 1.29 is 0 Å². The molecule has 0 aliphatic carbocycles. The molecule has 0 amide bonds. The van der Waals surface area contributed by atoms with Crippen molar-refractivity contribution in [1.29, 1.82) is 5.26 Å². The van der Waals surface area contributed by atoms with Crippen LogP contribution < -0.4 is 0 Å². The van der Waals surface area contributed by atoms with Gasteiger partial charge in [-0.2, -0.15) is 5.26 Å². The Bertz CT molecular complexity index is 1170. The predicted molar refractivity (Wildman–Crippen MR) is 110 cm³/mol. The minimum atomic E-state index is 0.625. The first-order valence-corrected chi connectivity index (χ1v) is 8.98. The van der Waals surface area contributed by atoms with Gasteiger partial charge in [0.2, 0.25) is 0 Å². The van der Waals surface area contributed by atoms with Gasteiger partial charge in [0.1, 0.15) is 0 Å². The Morgan fingerprint density at radius 2 is 1.73 bits per heavy atom. The Hall–Kier alpha value is -3.02. The smallest absolute Gasteiger partial charge is 0.0998 e. The van der Waals surface area contributed by atoms with Crippen LogP contribution in [0.3, 0.4) is 0 Å². The highest BCUT2D eigenvalue weighted by Crippen LogP contribution is 2.30. The standard InChI is InChI=1S/C23H17ClN2/c1-2-26-22-6-4-3-5-20(22)21-14-16(7-12-23(21)26)13-18(15-25)17-8-10-19(24)11-9-17/h3-14H,2H2,1H3/b18-13+. The van der Waals surface area contributed by atoms with Gasteiger partial charge in [0, 0.05) is 33.4 Å². The summed E-state index contributed by atoms with van der Waals surface area (Å²) in [4.78, 5) is 0. The Labute approximate surface area is 157 Å². The lowest BCUT2D eigenvalue weighted by Crippen LogP contribution is -1.92. The molecule has 0 N–H and O–H groups in total. The van der Waals surface area contributed by atoms with Crippen LogP contribution in [0, 0.1) is 11.3 Å². The molecule has 0 unspecified atom stereocenters. The first kappa shape index (κ1) is 16.4. The molecule has 0 atom stereocenters. The molecular weight excluding hydrogens is 340 g/mol. The average Bonchev–Trinajstić information content (AvgIpc) is 3.00. The summed E-state index contributed by atoms with van der Waals surface area (Å²) in [5.74, 6) is 0. The highest BCUT2D eigenvalue weighted by Gasteiger charge is 2.09. The fourth-order valence-corrected chi connectivity index (χ4v) is 3.60. The molecule has 1 heterocycles. The van der Waals surface area contributed by atoms with Gasteiger partial charge in [0.05, 0.1) is 11.6 Å².